The molecule has 5 nitrogen and oxygen atoms in total. The van der Waals surface area contributed by atoms with Crippen LogP contribution in [0.2, 0.25) is 0 Å². The molecule has 0 saturated carbocycles. The fourth-order valence-electron chi connectivity index (χ4n) is 1.70. The van der Waals surface area contributed by atoms with Crippen LogP contribution in [0.25, 0.3) is 10.8 Å². The summed E-state index contributed by atoms with van der Waals surface area (Å²) in [5.41, 5.74) is 1.09. The minimum Gasteiger partial charge on any atom is -0.479 e. The number of carbonyl (C=O) groups is 1. The molecular weight excluding hydrogens is 232 g/mol. The molecule has 18 heavy (non-hydrogen) atoms. The third-order valence-electron chi connectivity index (χ3n) is 2.67. The Labute approximate surface area is 104 Å². The number of aryl methyl sites for hydroxylation is 1. The Hall–Kier alpha value is -2.14. The Morgan fingerprint density at radius 2 is 2.22 bits per heavy atom. The second-order valence-electron chi connectivity index (χ2n) is 4.12. The van der Waals surface area contributed by atoms with E-state index in [2.05, 4.69) is 10.3 Å². The lowest BCUT2D eigenvalue weighted by molar-refractivity contribution is -0.145. The molecule has 1 heterocycles. The monoisotopic (exact) mass is 246 g/mol. The molecule has 0 unspecified atom stereocenters. The van der Waals surface area contributed by atoms with Crippen molar-refractivity contribution in [1.82, 2.24) is 4.98 Å². The van der Waals surface area contributed by atoms with Gasteiger partial charge in [0, 0.05) is 11.6 Å². The van der Waals surface area contributed by atoms with Crippen LogP contribution in [0.15, 0.2) is 30.5 Å². The number of hydrogen-bond acceptors (Lipinski definition) is 4. The fourth-order valence-corrected chi connectivity index (χ4v) is 1.70. The van der Waals surface area contributed by atoms with Crippen molar-refractivity contribution in [2.45, 2.75) is 13.0 Å². The number of rotatable bonds is 4. The van der Waals surface area contributed by atoms with Crippen molar-refractivity contribution in [2.75, 3.05) is 11.9 Å². The zero-order valence-electron chi connectivity index (χ0n) is 9.92. The highest BCUT2D eigenvalue weighted by Crippen LogP contribution is 2.22. The highest BCUT2D eigenvalue weighted by atomic mass is 16.4. The lowest BCUT2D eigenvalue weighted by Gasteiger charge is -2.10. The van der Waals surface area contributed by atoms with Crippen molar-refractivity contribution in [3.63, 3.8) is 0 Å². The van der Waals surface area contributed by atoms with Crippen LogP contribution >= 0.6 is 0 Å². The van der Waals surface area contributed by atoms with E-state index in [-0.39, 0.29) is 6.54 Å². The van der Waals surface area contributed by atoms with Gasteiger partial charge in [0.25, 0.3) is 0 Å². The van der Waals surface area contributed by atoms with E-state index in [9.17, 15) is 9.90 Å². The van der Waals surface area contributed by atoms with Gasteiger partial charge in [-0.2, -0.15) is 0 Å². The SMILES string of the molecule is Cc1ccc2ccnc(NC[C@@H](O)C(=O)O)c2c1. The van der Waals surface area contributed by atoms with E-state index in [0.29, 0.717) is 5.82 Å². The van der Waals surface area contributed by atoms with Crippen LogP contribution in [0.4, 0.5) is 5.82 Å². The maximum atomic E-state index is 10.5. The lowest BCUT2D eigenvalue weighted by atomic mass is 10.1. The van der Waals surface area contributed by atoms with Gasteiger partial charge in [0.1, 0.15) is 5.82 Å². The third-order valence-corrected chi connectivity index (χ3v) is 2.67. The van der Waals surface area contributed by atoms with Gasteiger partial charge < -0.3 is 15.5 Å². The molecule has 0 aliphatic rings. The molecule has 94 valence electrons. The molecule has 0 saturated heterocycles. The maximum Gasteiger partial charge on any atom is 0.334 e. The Balaban J connectivity index is 2.27. The summed E-state index contributed by atoms with van der Waals surface area (Å²) in [5, 5.41) is 22.6. The van der Waals surface area contributed by atoms with Crippen LogP contribution in [0.1, 0.15) is 5.56 Å². The second-order valence-corrected chi connectivity index (χ2v) is 4.12. The molecule has 0 fully saturated rings. The van der Waals surface area contributed by atoms with E-state index >= 15 is 0 Å². The molecule has 1 atom stereocenters. The number of aromatic nitrogens is 1. The fraction of sp³-hybridized carbons (Fsp3) is 0.231. The highest BCUT2D eigenvalue weighted by molar-refractivity contribution is 5.92. The predicted octanol–water partition coefficient (Wildman–Crippen LogP) is 1.40. The largest absolute Gasteiger partial charge is 0.479 e. The van der Waals surface area contributed by atoms with Crippen molar-refractivity contribution in [1.29, 1.82) is 0 Å². The summed E-state index contributed by atoms with van der Waals surface area (Å²) in [4.78, 5) is 14.7. The van der Waals surface area contributed by atoms with E-state index in [0.717, 1.165) is 16.3 Å². The number of nitrogens with one attached hydrogen (secondary N) is 1. The van der Waals surface area contributed by atoms with Gasteiger partial charge in [-0.25, -0.2) is 9.78 Å². The Morgan fingerprint density at radius 1 is 1.44 bits per heavy atom. The van der Waals surface area contributed by atoms with Crippen molar-refractivity contribution in [3.8, 4) is 0 Å². The standard InChI is InChI=1S/C13H14N2O3/c1-8-2-3-9-4-5-14-12(10(9)6-8)15-7-11(16)13(17)18/h2-6,11,16H,7H2,1H3,(H,14,15)(H,17,18)/t11-/m1/s1. The molecule has 0 spiro atoms. The van der Waals surface area contributed by atoms with Crippen LogP contribution < -0.4 is 5.32 Å². The minimum atomic E-state index is -1.44. The van der Waals surface area contributed by atoms with E-state index in [1.165, 1.54) is 0 Å². The summed E-state index contributed by atoms with van der Waals surface area (Å²) in [6, 6.07) is 7.83. The maximum absolute atomic E-state index is 10.5. The summed E-state index contributed by atoms with van der Waals surface area (Å²) in [5.74, 6) is -0.671. The minimum absolute atomic E-state index is 0.0740. The van der Waals surface area contributed by atoms with Gasteiger partial charge in [-0.1, -0.05) is 17.7 Å². The van der Waals surface area contributed by atoms with Crippen LogP contribution in [0.3, 0.4) is 0 Å². The predicted molar refractivity (Wildman–Crippen MR) is 68.6 cm³/mol. The van der Waals surface area contributed by atoms with Crippen LogP contribution in [0, 0.1) is 6.92 Å². The number of aliphatic carboxylic acids is 1. The van der Waals surface area contributed by atoms with E-state index in [4.69, 9.17) is 5.11 Å². The van der Waals surface area contributed by atoms with Gasteiger partial charge in [-0.15, -0.1) is 0 Å². The summed E-state index contributed by atoms with van der Waals surface area (Å²) < 4.78 is 0. The quantitative estimate of drug-likeness (QED) is 0.759. The first-order chi connectivity index (χ1) is 8.58. The number of hydrogen-bond donors (Lipinski definition) is 3. The van der Waals surface area contributed by atoms with Crippen LogP contribution in [-0.2, 0) is 4.79 Å². The number of carboxylic acid groups (broad SMARTS) is 1. The van der Waals surface area contributed by atoms with Gasteiger partial charge in [-0.05, 0) is 24.4 Å². The molecule has 2 aromatic rings. The molecule has 0 aliphatic carbocycles. The van der Waals surface area contributed by atoms with Gasteiger partial charge >= 0.3 is 5.97 Å². The zero-order chi connectivity index (χ0) is 13.1. The smallest absolute Gasteiger partial charge is 0.334 e. The molecular formula is C13H14N2O3. The number of anilines is 1. The van der Waals surface area contributed by atoms with E-state index in [1.807, 2.05) is 31.2 Å². The normalized spacial score (nSPS) is 12.3. The van der Waals surface area contributed by atoms with Crippen molar-refractivity contribution >= 4 is 22.6 Å². The third kappa shape index (κ3) is 2.57. The first kappa shape index (κ1) is 12.3. The number of aliphatic hydroxyl groups excluding tert-OH is 1. The van der Waals surface area contributed by atoms with Crippen molar-refractivity contribution in [3.05, 3.63) is 36.0 Å². The van der Waals surface area contributed by atoms with E-state index in [1.54, 1.807) is 6.20 Å². The van der Waals surface area contributed by atoms with Crippen molar-refractivity contribution in [2.24, 2.45) is 0 Å². The summed E-state index contributed by atoms with van der Waals surface area (Å²) in [7, 11) is 0. The molecule has 5 heteroatoms. The topological polar surface area (TPSA) is 82.5 Å². The van der Waals surface area contributed by atoms with Crippen molar-refractivity contribution < 1.29 is 15.0 Å². The first-order valence-electron chi connectivity index (χ1n) is 5.58. The molecule has 0 aliphatic heterocycles. The van der Waals surface area contributed by atoms with Crippen LogP contribution in [-0.4, -0.2) is 33.8 Å². The first-order valence-corrected chi connectivity index (χ1v) is 5.58. The molecule has 3 N–H and O–H groups in total. The number of benzene rings is 1. The average molecular weight is 246 g/mol. The molecule has 2 rings (SSSR count). The molecule has 0 bridgehead atoms. The van der Waals surface area contributed by atoms with Gasteiger partial charge in [0.2, 0.25) is 0 Å². The summed E-state index contributed by atoms with van der Waals surface area (Å²) >= 11 is 0. The lowest BCUT2D eigenvalue weighted by Crippen LogP contribution is -2.28. The van der Waals surface area contributed by atoms with Gasteiger partial charge in [0.15, 0.2) is 6.10 Å². The Bertz CT molecular complexity index is 583. The van der Waals surface area contributed by atoms with E-state index < -0.39 is 12.1 Å². The number of pyridine rings is 1. The number of carboxylic acids is 1. The van der Waals surface area contributed by atoms with Gasteiger partial charge in [0.05, 0.1) is 6.54 Å². The zero-order valence-corrected chi connectivity index (χ0v) is 9.92. The highest BCUT2D eigenvalue weighted by Gasteiger charge is 2.13. The Kier molecular flexibility index (Phi) is 3.43. The average Bonchev–Trinajstić information content (AvgIpc) is 2.35. The van der Waals surface area contributed by atoms with Gasteiger partial charge in [-0.3, -0.25) is 0 Å². The summed E-state index contributed by atoms with van der Waals surface area (Å²) in [6.45, 7) is 1.90. The Morgan fingerprint density at radius 3 is 2.94 bits per heavy atom. The number of fused-ring (bicyclic) bond motifs is 1. The molecule has 0 radical (unpaired) electrons. The number of nitrogens with zero attached hydrogens (tertiary/aromatic N) is 1. The summed E-state index contributed by atoms with van der Waals surface area (Å²) in [6.07, 6.45) is 0.208. The molecule has 0 amide bonds. The van der Waals surface area contributed by atoms with Crippen LogP contribution in [0.5, 0.6) is 0 Å². The molecule has 1 aromatic heterocycles. The molecule has 1 aromatic carbocycles. The number of aliphatic hydroxyl groups is 1. The second kappa shape index (κ2) is 5.01.